The summed E-state index contributed by atoms with van der Waals surface area (Å²) in [4.78, 5) is 7.71. The summed E-state index contributed by atoms with van der Waals surface area (Å²) in [6, 6.07) is 8.02. The van der Waals surface area contributed by atoms with E-state index >= 15 is 0 Å². The van der Waals surface area contributed by atoms with E-state index in [2.05, 4.69) is 26.7 Å². The first-order valence-electron chi connectivity index (χ1n) is 5.23. The summed E-state index contributed by atoms with van der Waals surface area (Å²) in [5, 5.41) is 9.97. The van der Waals surface area contributed by atoms with Gasteiger partial charge in [-0.1, -0.05) is 36.0 Å². The molecule has 4 nitrogen and oxygen atoms in total. The van der Waals surface area contributed by atoms with E-state index in [4.69, 9.17) is 0 Å². The van der Waals surface area contributed by atoms with Crippen LogP contribution in [0.4, 0.5) is 0 Å². The van der Waals surface area contributed by atoms with Gasteiger partial charge in [-0.3, -0.25) is 0 Å². The molecule has 0 aliphatic rings. The Hall–Kier alpha value is -1.88. The molecule has 0 atom stereocenters. The highest BCUT2D eigenvalue weighted by Crippen LogP contribution is 2.23. The van der Waals surface area contributed by atoms with Crippen molar-refractivity contribution in [2.45, 2.75) is 5.16 Å². The van der Waals surface area contributed by atoms with E-state index in [9.17, 15) is 0 Å². The molecule has 5 heteroatoms. The molecule has 3 aromatic rings. The SMILES string of the molecule is C=CCSc1nnc2[nH]c3ccccc3c2n1. The fourth-order valence-corrected chi connectivity index (χ4v) is 2.23. The first kappa shape index (κ1) is 10.3. The number of fused-ring (bicyclic) bond motifs is 3. The van der Waals surface area contributed by atoms with Gasteiger partial charge in [0.25, 0.3) is 0 Å². The van der Waals surface area contributed by atoms with Crippen LogP contribution >= 0.6 is 11.8 Å². The third-order valence-electron chi connectivity index (χ3n) is 2.43. The average molecular weight is 242 g/mol. The second-order valence-corrected chi connectivity index (χ2v) is 4.55. The van der Waals surface area contributed by atoms with E-state index < -0.39 is 0 Å². The highest BCUT2D eigenvalue weighted by molar-refractivity contribution is 7.99. The molecule has 0 radical (unpaired) electrons. The highest BCUT2D eigenvalue weighted by Gasteiger charge is 2.08. The van der Waals surface area contributed by atoms with Crippen molar-refractivity contribution in [1.29, 1.82) is 0 Å². The molecular formula is C12H10N4S. The van der Waals surface area contributed by atoms with Gasteiger partial charge in [0.2, 0.25) is 5.16 Å². The molecule has 0 fully saturated rings. The van der Waals surface area contributed by atoms with Crippen molar-refractivity contribution in [3.05, 3.63) is 36.9 Å². The van der Waals surface area contributed by atoms with Gasteiger partial charge in [-0.15, -0.1) is 16.8 Å². The Bertz CT molecular complexity index is 689. The van der Waals surface area contributed by atoms with E-state index in [1.54, 1.807) is 0 Å². The van der Waals surface area contributed by atoms with E-state index in [0.717, 1.165) is 27.8 Å². The summed E-state index contributed by atoms with van der Waals surface area (Å²) >= 11 is 1.53. The summed E-state index contributed by atoms with van der Waals surface area (Å²) in [6.45, 7) is 3.68. The van der Waals surface area contributed by atoms with Crippen molar-refractivity contribution in [2.75, 3.05) is 5.75 Å². The lowest BCUT2D eigenvalue weighted by molar-refractivity contribution is 0.878. The Morgan fingerprint density at radius 1 is 1.29 bits per heavy atom. The minimum absolute atomic E-state index is 0.683. The zero-order valence-corrected chi connectivity index (χ0v) is 9.87. The van der Waals surface area contributed by atoms with Gasteiger partial charge in [-0.05, 0) is 6.07 Å². The molecule has 0 aliphatic carbocycles. The number of thioether (sulfide) groups is 1. The Morgan fingerprint density at radius 2 is 2.18 bits per heavy atom. The first-order valence-corrected chi connectivity index (χ1v) is 6.22. The van der Waals surface area contributed by atoms with Gasteiger partial charge >= 0.3 is 0 Å². The van der Waals surface area contributed by atoms with Gasteiger partial charge in [0.15, 0.2) is 5.65 Å². The van der Waals surface area contributed by atoms with Crippen LogP contribution in [0.3, 0.4) is 0 Å². The fourth-order valence-electron chi connectivity index (χ4n) is 1.70. The molecule has 0 amide bonds. The number of hydrogen-bond acceptors (Lipinski definition) is 4. The Labute approximate surface area is 102 Å². The van der Waals surface area contributed by atoms with Crippen LogP contribution in [-0.2, 0) is 0 Å². The Balaban J connectivity index is 2.19. The van der Waals surface area contributed by atoms with Gasteiger partial charge in [0.1, 0.15) is 5.52 Å². The lowest BCUT2D eigenvalue weighted by Crippen LogP contribution is -1.91. The molecule has 0 saturated heterocycles. The van der Waals surface area contributed by atoms with Gasteiger partial charge in [-0.25, -0.2) is 4.98 Å². The molecule has 3 rings (SSSR count). The second-order valence-electron chi connectivity index (χ2n) is 3.56. The molecule has 84 valence electrons. The molecule has 0 saturated carbocycles. The molecule has 1 N–H and O–H groups in total. The van der Waals surface area contributed by atoms with E-state index in [-0.39, 0.29) is 0 Å². The predicted molar refractivity (Wildman–Crippen MR) is 70.1 cm³/mol. The summed E-state index contributed by atoms with van der Waals surface area (Å²) in [5.41, 5.74) is 2.64. The van der Waals surface area contributed by atoms with Crippen LogP contribution in [0.1, 0.15) is 0 Å². The minimum atomic E-state index is 0.683. The van der Waals surface area contributed by atoms with Crippen molar-refractivity contribution in [3.63, 3.8) is 0 Å². The summed E-state index contributed by atoms with van der Waals surface area (Å²) in [5.74, 6) is 0.787. The number of aromatic nitrogens is 4. The van der Waals surface area contributed by atoms with Gasteiger partial charge in [-0.2, -0.15) is 0 Å². The molecular weight excluding hydrogens is 232 g/mol. The van der Waals surface area contributed by atoms with Gasteiger partial charge in [0, 0.05) is 16.7 Å². The van der Waals surface area contributed by atoms with Crippen LogP contribution in [0.5, 0.6) is 0 Å². The van der Waals surface area contributed by atoms with Crippen molar-refractivity contribution in [3.8, 4) is 0 Å². The van der Waals surface area contributed by atoms with Crippen LogP contribution in [0.25, 0.3) is 22.1 Å². The van der Waals surface area contributed by atoms with Crippen LogP contribution in [0.15, 0.2) is 42.1 Å². The Kier molecular flexibility index (Phi) is 2.53. The lowest BCUT2D eigenvalue weighted by Gasteiger charge is -1.95. The molecule has 0 unspecified atom stereocenters. The largest absolute Gasteiger partial charge is 0.336 e. The number of hydrogen-bond donors (Lipinski definition) is 1. The topological polar surface area (TPSA) is 54.5 Å². The summed E-state index contributed by atoms with van der Waals surface area (Å²) < 4.78 is 0. The van der Waals surface area contributed by atoms with Crippen LogP contribution in [-0.4, -0.2) is 25.9 Å². The van der Waals surface area contributed by atoms with Crippen LogP contribution < -0.4 is 0 Å². The van der Waals surface area contributed by atoms with E-state index in [0.29, 0.717) is 5.16 Å². The number of H-pyrrole nitrogens is 1. The van der Waals surface area contributed by atoms with Crippen molar-refractivity contribution in [2.24, 2.45) is 0 Å². The quantitative estimate of drug-likeness (QED) is 0.567. The molecule has 0 spiro atoms. The molecule has 17 heavy (non-hydrogen) atoms. The third-order valence-corrected chi connectivity index (χ3v) is 3.27. The maximum absolute atomic E-state index is 4.51. The van der Waals surface area contributed by atoms with Crippen molar-refractivity contribution >= 4 is 33.8 Å². The number of nitrogens with one attached hydrogen (secondary N) is 1. The van der Waals surface area contributed by atoms with Crippen LogP contribution in [0.2, 0.25) is 0 Å². The molecule has 2 aromatic heterocycles. The summed E-state index contributed by atoms with van der Waals surface area (Å²) in [6.07, 6.45) is 1.83. The number of aromatic amines is 1. The molecule has 2 heterocycles. The standard InChI is InChI=1S/C12H10N4S/c1-2-7-17-12-14-10-8-5-3-4-6-9(8)13-11(10)15-16-12/h2-6H,1,7H2,(H,13,15). The van der Waals surface area contributed by atoms with Crippen LogP contribution in [0, 0.1) is 0 Å². The average Bonchev–Trinajstić information content (AvgIpc) is 2.74. The minimum Gasteiger partial charge on any atom is -0.336 e. The number of para-hydroxylation sites is 1. The van der Waals surface area contributed by atoms with E-state index in [1.807, 2.05) is 30.3 Å². The zero-order valence-electron chi connectivity index (χ0n) is 9.05. The third kappa shape index (κ3) is 1.78. The predicted octanol–water partition coefficient (Wildman–Crippen LogP) is 2.78. The van der Waals surface area contributed by atoms with Crippen molar-refractivity contribution in [1.82, 2.24) is 20.2 Å². The van der Waals surface area contributed by atoms with E-state index in [1.165, 1.54) is 11.8 Å². The Morgan fingerprint density at radius 3 is 3.06 bits per heavy atom. The smallest absolute Gasteiger partial charge is 0.210 e. The van der Waals surface area contributed by atoms with Crippen molar-refractivity contribution < 1.29 is 0 Å². The zero-order chi connectivity index (χ0) is 11.7. The number of rotatable bonds is 3. The van der Waals surface area contributed by atoms with Gasteiger partial charge in [0.05, 0.1) is 0 Å². The molecule has 0 aliphatic heterocycles. The maximum atomic E-state index is 4.51. The monoisotopic (exact) mass is 242 g/mol. The first-order chi connectivity index (χ1) is 8.38. The normalized spacial score (nSPS) is 11.1. The summed E-state index contributed by atoms with van der Waals surface area (Å²) in [7, 11) is 0. The second kappa shape index (κ2) is 4.18. The fraction of sp³-hybridized carbons (Fsp3) is 0.0833. The number of benzene rings is 1. The lowest BCUT2D eigenvalue weighted by atomic mass is 10.2. The molecule has 0 bridgehead atoms. The highest BCUT2D eigenvalue weighted by atomic mass is 32.2. The maximum Gasteiger partial charge on any atom is 0.210 e. The van der Waals surface area contributed by atoms with Gasteiger partial charge < -0.3 is 4.98 Å². The number of nitrogens with zero attached hydrogens (tertiary/aromatic N) is 3. The molecule has 1 aromatic carbocycles.